The molecule has 211 valence electrons. The summed E-state index contributed by atoms with van der Waals surface area (Å²) in [6.07, 6.45) is 3.62. The maximum Gasteiger partial charge on any atom is 0.155 e. The molecule has 4 aromatic carbocycles. The standard InChI is InChI=1S/C26H18N3O.C11H8N.Ir/c1-16-12-13-20(24-22(16)19-10-6-7-11-21(19)30-24)25-28-23-17(2)14-15-27-26(23)29(25)18-8-4-3-5-9-18;1-2-6-10(7-3-1)11-8-4-5-9-12-11;/h3-12,14-15H,1-2H3;1-6,8-9H;/q2*-1;. The summed E-state index contributed by atoms with van der Waals surface area (Å²) in [4.78, 5) is 13.9. The predicted octanol–water partition coefficient (Wildman–Crippen LogP) is 8.95. The molecule has 0 aliphatic rings. The number of furan rings is 1. The number of rotatable bonds is 3. The number of fused-ring (bicyclic) bond motifs is 4. The van der Waals surface area contributed by atoms with Crippen molar-refractivity contribution in [1.29, 1.82) is 0 Å². The van der Waals surface area contributed by atoms with E-state index in [4.69, 9.17) is 9.40 Å². The summed E-state index contributed by atoms with van der Waals surface area (Å²) in [7, 11) is 0. The van der Waals surface area contributed by atoms with Crippen LogP contribution in [0.1, 0.15) is 11.1 Å². The zero-order valence-electron chi connectivity index (χ0n) is 23.6. The second-order valence-electron chi connectivity index (χ2n) is 10.0. The first-order valence-corrected chi connectivity index (χ1v) is 13.8. The van der Waals surface area contributed by atoms with Gasteiger partial charge in [0.1, 0.15) is 5.58 Å². The number of imidazole rings is 1. The quantitative estimate of drug-likeness (QED) is 0.170. The van der Waals surface area contributed by atoms with Gasteiger partial charge in [0.2, 0.25) is 0 Å². The van der Waals surface area contributed by atoms with E-state index in [1.54, 1.807) is 6.20 Å². The molecule has 0 bridgehead atoms. The molecule has 0 atom stereocenters. The molecule has 8 rings (SSSR count). The number of aromatic nitrogens is 4. The predicted molar refractivity (Wildman–Crippen MR) is 168 cm³/mol. The van der Waals surface area contributed by atoms with Crippen LogP contribution in [0.5, 0.6) is 0 Å². The van der Waals surface area contributed by atoms with Crippen molar-refractivity contribution in [3.8, 4) is 28.3 Å². The molecule has 4 aromatic heterocycles. The van der Waals surface area contributed by atoms with Gasteiger partial charge in [0.25, 0.3) is 0 Å². The maximum atomic E-state index is 6.33. The Morgan fingerprint density at radius 1 is 0.721 bits per heavy atom. The van der Waals surface area contributed by atoms with Crippen LogP contribution in [-0.4, -0.2) is 19.5 Å². The Kier molecular flexibility index (Phi) is 7.97. The Balaban J connectivity index is 0.000000213. The topological polar surface area (TPSA) is 56.7 Å². The SMILES string of the molecule is Cc1ccnc2c1nc(-c1[c-]cc(C)c3c1oc1ccccc13)n2-c1ccccc1.[Ir].[c-]1ccccc1-c1ccccn1. The van der Waals surface area contributed by atoms with Gasteiger partial charge < -0.3 is 14.0 Å². The van der Waals surface area contributed by atoms with E-state index in [1.165, 1.54) is 0 Å². The number of hydrogen-bond acceptors (Lipinski definition) is 4. The van der Waals surface area contributed by atoms with Crippen LogP contribution in [0.25, 0.3) is 61.4 Å². The Labute approximate surface area is 263 Å². The maximum absolute atomic E-state index is 6.33. The van der Waals surface area contributed by atoms with Gasteiger partial charge in [-0.05, 0) is 48.5 Å². The van der Waals surface area contributed by atoms with Gasteiger partial charge in [-0.15, -0.1) is 53.6 Å². The fraction of sp³-hybridized carbons (Fsp3) is 0.0541. The molecule has 4 heterocycles. The summed E-state index contributed by atoms with van der Waals surface area (Å²) in [6, 6.07) is 42.6. The fourth-order valence-electron chi connectivity index (χ4n) is 5.26. The first-order valence-electron chi connectivity index (χ1n) is 13.8. The van der Waals surface area contributed by atoms with Gasteiger partial charge in [-0.3, -0.25) is 4.98 Å². The van der Waals surface area contributed by atoms with Crippen molar-refractivity contribution >= 4 is 33.1 Å². The Bertz CT molecular complexity index is 2120. The Morgan fingerprint density at radius 2 is 1.51 bits per heavy atom. The van der Waals surface area contributed by atoms with Gasteiger partial charge in [-0.25, -0.2) is 4.98 Å². The van der Waals surface area contributed by atoms with Crippen molar-refractivity contribution < 1.29 is 24.5 Å². The summed E-state index contributed by atoms with van der Waals surface area (Å²) in [5.41, 5.74) is 9.47. The van der Waals surface area contributed by atoms with Crippen LogP contribution in [0.15, 0.2) is 126 Å². The largest absolute Gasteiger partial charge is 0.501 e. The summed E-state index contributed by atoms with van der Waals surface area (Å²) in [5.74, 6) is 0.780. The first-order chi connectivity index (χ1) is 20.7. The van der Waals surface area contributed by atoms with E-state index in [1.807, 2.05) is 97.2 Å². The zero-order chi connectivity index (χ0) is 28.5. The average Bonchev–Trinajstić information content (AvgIpc) is 3.64. The molecular formula is C37H26IrN4O-2. The van der Waals surface area contributed by atoms with E-state index in [9.17, 15) is 0 Å². The summed E-state index contributed by atoms with van der Waals surface area (Å²) in [5, 5.41) is 2.22. The summed E-state index contributed by atoms with van der Waals surface area (Å²) < 4.78 is 8.42. The molecule has 0 unspecified atom stereocenters. The average molecular weight is 735 g/mol. The number of benzene rings is 4. The molecule has 0 saturated heterocycles. The van der Waals surface area contributed by atoms with Crippen molar-refractivity contribution in [1.82, 2.24) is 19.5 Å². The van der Waals surface area contributed by atoms with E-state index in [0.717, 1.165) is 72.6 Å². The number of nitrogens with zero attached hydrogens (tertiary/aromatic N) is 4. The molecule has 6 heteroatoms. The molecular weight excluding hydrogens is 709 g/mol. The van der Waals surface area contributed by atoms with Crippen molar-refractivity contribution in [3.05, 3.63) is 145 Å². The van der Waals surface area contributed by atoms with Gasteiger partial charge in [0, 0.05) is 43.6 Å². The molecule has 0 aliphatic heterocycles. The van der Waals surface area contributed by atoms with E-state index in [2.05, 4.69) is 58.7 Å². The molecule has 43 heavy (non-hydrogen) atoms. The van der Waals surface area contributed by atoms with E-state index >= 15 is 0 Å². The second-order valence-corrected chi connectivity index (χ2v) is 10.0. The van der Waals surface area contributed by atoms with Crippen LogP contribution < -0.4 is 0 Å². The third kappa shape index (κ3) is 5.27. The van der Waals surface area contributed by atoms with Crippen molar-refractivity contribution in [2.24, 2.45) is 0 Å². The minimum Gasteiger partial charge on any atom is -0.501 e. The van der Waals surface area contributed by atoms with Crippen LogP contribution >= 0.6 is 0 Å². The van der Waals surface area contributed by atoms with Gasteiger partial charge in [0.15, 0.2) is 5.65 Å². The molecule has 5 nitrogen and oxygen atoms in total. The summed E-state index contributed by atoms with van der Waals surface area (Å²) >= 11 is 0. The third-order valence-corrected chi connectivity index (χ3v) is 7.29. The minimum atomic E-state index is 0. The van der Waals surface area contributed by atoms with Crippen LogP contribution in [0.2, 0.25) is 0 Å². The number of pyridine rings is 2. The normalized spacial score (nSPS) is 10.8. The van der Waals surface area contributed by atoms with E-state index in [0.29, 0.717) is 0 Å². The van der Waals surface area contributed by atoms with Crippen LogP contribution in [0, 0.1) is 26.0 Å². The molecule has 0 fully saturated rings. The zero-order valence-corrected chi connectivity index (χ0v) is 26.0. The van der Waals surface area contributed by atoms with Crippen LogP contribution in [0.4, 0.5) is 0 Å². The van der Waals surface area contributed by atoms with Crippen molar-refractivity contribution in [3.63, 3.8) is 0 Å². The van der Waals surface area contributed by atoms with Gasteiger partial charge in [-0.2, -0.15) is 0 Å². The Morgan fingerprint density at radius 3 is 2.30 bits per heavy atom. The molecule has 8 aromatic rings. The fourth-order valence-corrected chi connectivity index (χ4v) is 5.26. The molecule has 0 aliphatic carbocycles. The molecule has 0 spiro atoms. The van der Waals surface area contributed by atoms with E-state index < -0.39 is 0 Å². The van der Waals surface area contributed by atoms with Crippen molar-refractivity contribution in [2.45, 2.75) is 13.8 Å². The van der Waals surface area contributed by atoms with Crippen molar-refractivity contribution in [2.75, 3.05) is 0 Å². The monoisotopic (exact) mass is 735 g/mol. The molecule has 0 saturated carbocycles. The van der Waals surface area contributed by atoms with Gasteiger partial charge >= 0.3 is 0 Å². The van der Waals surface area contributed by atoms with Crippen LogP contribution in [-0.2, 0) is 20.1 Å². The minimum absolute atomic E-state index is 0. The first kappa shape index (κ1) is 28.2. The molecule has 0 amide bonds. The second kappa shape index (κ2) is 12.1. The Hall–Kier alpha value is -4.90. The molecule has 0 N–H and O–H groups in total. The van der Waals surface area contributed by atoms with E-state index in [-0.39, 0.29) is 20.1 Å². The number of para-hydroxylation sites is 2. The third-order valence-electron chi connectivity index (χ3n) is 7.29. The summed E-state index contributed by atoms with van der Waals surface area (Å²) in [6.45, 7) is 4.15. The number of hydrogen-bond donors (Lipinski definition) is 0. The number of aryl methyl sites for hydroxylation is 2. The van der Waals surface area contributed by atoms with Crippen LogP contribution in [0.3, 0.4) is 0 Å². The van der Waals surface area contributed by atoms with Gasteiger partial charge in [-0.1, -0.05) is 66.4 Å². The molecule has 1 radical (unpaired) electrons. The van der Waals surface area contributed by atoms with Gasteiger partial charge in [0.05, 0.1) is 16.9 Å². The smallest absolute Gasteiger partial charge is 0.155 e.